The average molecular weight is 186 g/mol. The molecule has 0 fully saturated rings. The van der Waals surface area contributed by atoms with Crippen molar-refractivity contribution < 1.29 is 4.74 Å². The molecule has 0 aliphatic heterocycles. The normalized spacial score (nSPS) is 15.7. The Kier molecular flexibility index (Phi) is 2.54. The molecule has 1 radical (unpaired) electrons. The van der Waals surface area contributed by atoms with Crippen molar-refractivity contribution in [3.05, 3.63) is 60.4 Å². The third-order valence-electron chi connectivity index (χ3n) is 2.01. The van der Waals surface area contributed by atoms with Crippen molar-refractivity contribution >= 4 is 0 Å². The lowest BCUT2D eigenvalue weighted by Crippen LogP contribution is -2.08. The second-order valence-corrected chi connectivity index (χ2v) is 3.10. The molecule has 2 nitrogen and oxygen atoms in total. The van der Waals surface area contributed by atoms with Crippen molar-refractivity contribution in [3.8, 4) is 5.75 Å². The molecule has 1 aliphatic carbocycles. The molecule has 0 heterocycles. The van der Waals surface area contributed by atoms with Gasteiger partial charge < -0.3 is 10.5 Å². The molecule has 1 aromatic rings. The summed E-state index contributed by atoms with van der Waals surface area (Å²) < 4.78 is 5.62. The van der Waals surface area contributed by atoms with Crippen LogP contribution in [0.4, 0.5) is 0 Å². The first-order valence-corrected chi connectivity index (χ1v) is 4.57. The van der Waals surface area contributed by atoms with E-state index in [1.165, 1.54) is 0 Å². The van der Waals surface area contributed by atoms with Crippen LogP contribution in [0.2, 0.25) is 0 Å². The molecule has 1 aliphatic rings. The Morgan fingerprint density at radius 3 is 2.64 bits per heavy atom. The molecule has 2 rings (SSSR count). The summed E-state index contributed by atoms with van der Waals surface area (Å²) in [7, 11) is 0. The first-order chi connectivity index (χ1) is 6.86. The maximum atomic E-state index is 5.80. The van der Waals surface area contributed by atoms with E-state index in [9.17, 15) is 0 Å². The molecule has 0 aromatic heterocycles. The predicted molar refractivity (Wildman–Crippen MR) is 56.3 cm³/mol. The molecule has 0 saturated carbocycles. The number of hydrogen-bond donors (Lipinski definition) is 1. The van der Waals surface area contributed by atoms with Gasteiger partial charge in [0.2, 0.25) is 0 Å². The lowest BCUT2D eigenvalue weighted by Gasteiger charge is -2.12. The van der Waals surface area contributed by atoms with Crippen LogP contribution in [-0.2, 0) is 0 Å². The number of para-hydroxylation sites is 1. The Morgan fingerprint density at radius 1 is 1.14 bits per heavy atom. The van der Waals surface area contributed by atoms with Gasteiger partial charge in [0.15, 0.2) is 0 Å². The van der Waals surface area contributed by atoms with E-state index in [0.29, 0.717) is 0 Å². The summed E-state index contributed by atoms with van der Waals surface area (Å²) in [6.07, 6.45) is 6.60. The Hall–Kier alpha value is -1.70. The van der Waals surface area contributed by atoms with Gasteiger partial charge in [0, 0.05) is 0 Å². The van der Waals surface area contributed by atoms with Crippen LogP contribution in [-0.4, -0.2) is 0 Å². The number of allylic oxidation sites excluding steroid dienone is 3. The van der Waals surface area contributed by atoms with Gasteiger partial charge in [-0.25, -0.2) is 0 Å². The molecule has 0 amide bonds. The van der Waals surface area contributed by atoms with Crippen LogP contribution in [0.5, 0.6) is 5.75 Å². The van der Waals surface area contributed by atoms with Crippen molar-refractivity contribution in [2.75, 3.05) is 0 Å². The molecule has 0 atom stereocenters. The Balaban J connectivity index is 2.15. The Morgan fingerprint density at radius 2 is 1.93 bits per heavy atom. The topological polar surface area (TPSA) is 35.2 Å². The summed E-state index contributed by atoms with van der Waals surface area (Å²) in [5.74, 6) is 1.57. The predicted octanol–water partition coefficient (Wildman–Crippen LogP) is 2.40. The Labute approximate surface area is 83.7 Å². The zero-order chi connectivity index (χ0) is 9.80. The van der Waals surface area contributed by atoms with Gasteiger partial charge in [-0.2, -0.15) is 0 Å². The molecule has 1 aromatic carbocycles. The first-order valence-electron chi connectivity index (χ1n) is 4.57. The van der Waals surface area contributed by atoms with Gasteiger partial charge in [-0.3, -0.25) is 0 Å². The first kappa shape index (κ1) is 8.88. The van der Waals surface area contributed by atoms with Crippen molar-refractivity contribution in [1.82, 2.24) is 0 Å². The van der Waals surface area contributed by atoms with Crippen LogP contribution in [0.15, 0.2) is 53.9 Å². The zero-order valence-electron chi connectivity index (χ0n) is 7.81. The standard InChI is InChI=1S/C12H12NO/c13-11-8-4-5-9-12(11)14-10-6-2-1-3-7-10/h1-7,9H,8,13H2. The lowest BCUT2D eigenvalue weighted by atomic mass is 10.1. The summed E-state index contributed by atoms with van der Waals surface area (Å²) in [6.45, 7) is 0. The second kappa shape index (κ2) is 4.01. The fraction of sp³-hybridized carbons (Fsp3) is 0.0833. The van der Waals surface area contributed by atoms with E-state index in [2.05, 4.69) is 0 Å². The molecular formula is C12H12NO. The molecule has 14 heavy (non-hydrogen) atoms. The van der Waals surface area contributed by atoms with Gasteiger partial charge in [-0.15, -0.1) is 0 Å². The van der Waals surface area contributed by atoms with E-state index in [1.807, 2.05) is 48.9 Å². The van der Waals surface area contributed by atoms with Crippen LogP contribution in [0.3, 0.4) is 0 Å². The molecule has 71 valence electrons. The third-order valence-corrected chi connectivity index (χ3v) is 2.01. The van der Waals surface area contributed by atoms with Crippen molar-refractivity contribution in [3.63, 3.8) is 0 Å². The smallest absolute Gasteiger partial charge is 0.145 e. The van der Waals surface area contributed by atoms with Crippen molar-refractivity contribution in [1.29, 1.82) is 0 Å². The highest BCUT2D eigenvalue weighted by Crippen LogP contribution is 2.19. The summed E-state index contributed by atoms with van der Waals surface area (Å²) in [5.41, 5.74) is 6.57. The second-order valence-electron chi connectivity index (χ2n) is 3.10. The number of ether oxygens (including phenoxy) is 1. The van der Waals surface area contributed by atoms with Crippen LogP contribution in [0.1, 0.15) is 6.42 Å². The van der Waals surface area contributed by atoms with Crippen LogP contribution in [0.25, 0.3) is 0 Å². The molecule has 0 saturated heterocycles. The highest BCUT2D eigenvalue weighted by atomic mass is 16.5. The van der Waals surface area contributed by atoms with E-state index in [0.717, 1.165) is 23.6 Å². The van der Waals surface area contributed by atoms with Gasteiger partial charge in [0.25, 0.3) is 0 Å². The molecule has 2 heteroatoms. The van der Waals surface area contributed by atoms with E-state index in [1.54, 1.807) is 0 Å². The highest BCUT2D eigenvalue weighted by molar-refractivity contribution is 5.32. The molecule has 0 unspecified atom stereocenters. The average Bonchev–Trinajstić information content (AvgIpc) is 2.23. The van der Waals surface area contributed by atoms with Crippen molar-refractivity contribution in [2.45, 2.75) is 6.42 Å². The third kappa shape index (κ3) is 1.96. The SMILES string of the molecule is NC1=C(Oc2ccccc2)C=C[CH]C1. The monoisotopic (exact) mass is 186 g/mol. The molecule has 0 spiro atoms. The highest BCUT2D eigenvalue weighted by Gasteiger charge is 2.06. The van der Waals surface area contributed by atoms with Gasteiger partial charge in [0.1, 0.15) is 11.5 Å². The van der Waals surface area contributed by atoms with E-state index in [4.69, 9.17) is 10.5 Å². The maximum absolute atomic E-state index is 5.80. The summed E-state index contributed by atoms with van der Waals surface area (Å²) in [4.78, 5) is 0. The van der Waals surface area contributed by atoms with Gasteiger partial charge >= 0.3 is 0 Å². The van der Waals surface area contributed by atoms with E-state index < -0.39 is 0 Å². The fourth-order valence-corrected chi connectivity index (χ4v) is 1.27. The minimum Gasteiger partial charge on any atom is -0.456 e. The number of rotatable bonds is 2. The van der Waals surface area contributed by atoms with E-state index in [-0.39, 0.29) is 0 Å². The maximum Gasteiger partial charge on any atom is 0.145 e. The number of benzene rings is 1. The summed E-state index contributed by atoms with van der Waals surface area (Å²) in [5, 5.41) is 0. The minimum atomic E-state index is 0.749. The largest absolute Gasteiger partial charge is 0.456 e. The van der Waals surface area contributed by atoms with Gasteiger partial charge in [-0.05, 0) is 31.1 Å². The molecule has 2 N–H and O–H groups in total. The lowest BCUT2D eigenvalue weighted by molar-refractivity contribution is 0.433. The molecule has 0 bridgehead atoms. The van der Waals surface area contributed by atoms with Crippen molar-refractivity contribution in [2.24, 2.45) is 5.73 Å². The quantitative estimate of drug-likeness (QED) is 0.769. The minimum absolute atomic E-state index is 0.749. The van der Waals surface area contributed by atoms with Gasteiger partial charge in [0.05, 0.1) is 5.70 Å². The summed E-state index contributed by atoms with van der Waals surface area (Å²) in [6, 6.07) is 9.64. The zero-order valence-corrected chi connectivity index (χ0v) is 7.81. The van der Waals surface area contributed by atoms with Crippen LogP contribution >= 0.6 is 0 Å². The Bertz CT molecular complexity index is 365. The number of nitrogens with two attached hydrogens (primary N) is 1. The van der Waals surface area contributed by atoms with E-state index >= 15 is 0 Å². The van der Waals surface area contributed by atoms with Crippen LogP contribution in [0, 0.1) is 6.42 Å². The number of hydrogen-bond acceptors (Lipinski definition) is 2. The molecular weight excluding hydrogens is 174 g/mol. The summed E-state index contributed by atoms with van der Waals surface area (Å²) >= 11 is 0. The van der Waals surface area contributed by atoms with Crippen LogP contribution < -0.4 is 10.5 Å². The van der Waals surface area contributed by atoms with Gasteiger partial charge in [-0.1, -0.05) is 24.3 Å². The fourth-order valence-electron chi connectivity index (χ4n) is 1.27.